The number of nitrogens with zero attached hydrogens (tertiary/aromatic N) is 3. The molecule has 2 aliphatic heterocycles. The van der Waals surface area contributed by atoms with Crippen LogP contribution in [0.15, 0.2) is 41.5 Å². The van der Waals surface area contributed by atoms with Gasteiger partial charge in [-0.3, -0.25) is 9.79 Å². The second kappa shape index (κ2) is 8.14. The highest BCUT2D eigenvalue weighted by molar-refractivity contribution is 14.1. The first kappa shape index (κ1) is 20.7. The van der Waals surface area contributed by atoms with Gasteiger partial charge in [0.2, 0.25) is 0 Å². The van der Waals surface area contributed by atoms with Gasteiger partial charge in [0.15, 0.2) is 5.17 Å². The molecule has 10 heteroatoms. The molecule has 6 nitrogen and oxygen atoms in total. The summed E-state index contributed by atoms with van der Waals surface area (Å²) in [5.41, 5.74) is 0.904. The number of aliphatic imine (C=N–C) groups is 1. The summed E-state index contributed by atoms with van der Waals surface area (Å²) < 4.78 is 15.3. The number of aromatic nitrogens is 1. The van der Waals surface area contributed by atoms with Gasteiger partial charge in [0, 0.05) is 34.3 Å². The third-order valence-electron chi connectivity index (χ3n) is 5.83. The van der Waals surface area contributed by atoms with Gasteiger partial charge < -0.3 is 15.5 Å². The predicted octanol–water partition coefficient (Wildman–Crippen LogP) is 4.83. The highest BCUT2D eigenvalue weighted by Crippen LogP contribution is 2.40. The van der Waals surface area contributed by atoms with Crippen LogP contribution in [0.1, 0.15) is 23.2 Å². The first-order chi connectivity index (χ1) is 15.5. The van der Waals surface area contributed by atoms with E-state index in [2.05, 4.69) is 38.2 Å². The molecule has 2 N–H and O–H groups in total. The van der Waals surface area contributed by atoms with Crippen molar-refractivity contribution < 1.29 is 9.18 Å². The minimum atomic E-state index is -0.349. The molecule has 3 aliphatic rings. The van der Waals surface area contributed by atoms with Crippen LogP contribution in [0.3, 0.4) is 0 Å². The Bertz CT molecular complexity index is 1260. The molecule has 0 spiro atoms. The number of amides is 1. The number of pyridine rings is 1. The van der Waals surface area contributed by atoms with Gasteiger partial charge in [-0.2, -0.15) is 0 Å². The SMILES string of the molecule is O=C(c1c(Nc2ccc(I)cc2F)sc2ncccc12)N1C[C@@H]2N=C(NC3CC3)S[C@@H]2C1. The maximum absolute atomic E-state index is 14.5. The smallest absolute Gasteiger partial charge is 0.257 e. The van der Waals surface area contributed by atoms with E-state index in [1.165, 1.54) is 30.2 Å². The maximum Gasteiger partial charge on any atom is 0.257 e. The van der Waals surface area contributed by atoms with Gasteiger partial charge in [-0.15, -0.1) is 0 Å². The van der Waals surface area contributed by atoms with E-state index in [4.69, 9.17) is 4.99 Å². The molecule has 1 aromatic carbocycles. The lowest BCUT2D eigenvalue weighted by atomic mass is 10.1. The summed E-state index contributed by atoms with van der Waals surface area (Å²) in [6, 6.07) is 9.45. The molecule has 2 fully saturated rings. The predicted molar refractivity (Wildman–Crippen MR) is 137 cm³/mol. The van der Waals surface area contributed by atoms with Gasteiger partial charge in [-0.1, -0.05) is 23.1 Å². The monoisotopic (exact) mass is 579 g/mol. The Kier molecular flexibility index (Phi) is 5.26. The lowest BCUT2D eigenvalue weighted by molar-refractivity contribution is 0.0794. The number of carbonyl (C=O) groups excluding carboxylic acids is 1. The van der Waals surface area contributed by atoms with Crippen LogP contribution in [-0.4, -0.2) is 51.4 Å². The molecule has 1 aliphatic carbocycles. The lowest BCUT2D eigenvalue weighted by Gasteiger charge is -2.18. The average Bonchev–Trinajstić information content (AvgIpc) is 3.20. The summed E-state index contributed by atoms with van der Waals surface area (Å²) in [5.74, 6) is -0.405. The van der Waals surface area contributed by atoms with Crippen molar-refractivity contribution in [3.05, 3.63) is 51.5 Å². The highest BCUT2D eigenvalue weighted by atomic mass is 127. The molecule has 2 aromatic heterocycles. The van der Waals surface area contributed by atoms with Crippen LogP contribution in [0.5, 0.6) is 0 Å². The van der Waals surface area contributed by atoms with Crippen molar-refractivity contribution in [3.63, 3.8) is 0 Å². The highest BCUT2D eigenvalue weighted by Gasteiger charge is 2.42. The molecule has 164 valence electrons. The quantitative estimate of drug-likeness (QED) is 0.434. The Morgan fingerprint density at radius 2 is 2.12 bits per heavy atom. The number of halogens is 2. The van der Waals surface area contributed by atoms with Crippen molar-refractivity contribution in [2.75, 3.05) is 18.4 Å². The number of fused-ring (bicyclic) bond motifs is 2. The molecule has 0 bridgehead atoms. The van der Waals surface area contributed by atoms with E-state index in [0.717, 1.165) is 19.0 Å². The second-order valence-electron chi connectivity index (χ2n) is 8.20. The summed E-state index contributed by atoms with van der Waals surface area (Å²) in [6.45, 7) is 1.25. The number of hydrogen-bond donors (Lipinski definition) is 2. The number of amidine groups is 1. The molecule has 3 aromatic rings. The van der Waals surface area contributed by atoms with Crippen LogP contribution in [0, 0.1) is 9.39 Å². The molecule has 6 rings (SSSR count). The largest absolute Gasteiger partial charge is 0.362 e. The van der Waals surface area contributed by atoms with Crippen molar-refractivity contribution in [1.82, 2.24) is 15.2 Å². The molecule has 1 saturated heterocycles. The zero-order valence-corrected chi connectivity index (χ0v) is 20.6. The lowest BCUT2D eigenvalue weighted by Crippen LogP contribution is -2.31. The molecule has 32 heavy (non-hydrogen) atoms. The van der Waals surface area contributed by atoms with Crippen LogP contribution < -0.4 is 10.6 Å². The summed E-state index contributed by atoms with van der Waals surface area (Å²) in [7, 11) is 0. The number of benzene rings is 1. The number of thioether (sulfide) groups is 1. The summed E-state index contributed by atoms with van der Waals surface area (Å²) in [4.78, 5) is 25.5. The molecule has 0 radical (unpaired) electrons. The molecule has 2 atom stereocenters. The third-order valence-corrected chi connectivity index (χ3v) is 8.75. The number of likely N-dealkylation sites (tertiary alicyclic amines) is 1. The van der Waals surface area contributed by atoms with Gasteiger partial charge in [0.05, 0.1) is 22.5 Å². The van der Waals surface area contributed by atoms with Crippen LogP contribution in [0.4, 0.5) is 15.1 Å². The van der Waals surface area contributed by atoms with E-state index < -0.39 is 0 Å². The molecule has 1 saturated carbocycles. The van der Waals surface area contributed by atoms with Crippen LogP contribution in [0.2, 0.25) is 0 Å². The van der Waals surface area contributed by atoms with Gasteiger partial charge in [0.25, 0.3) is 5.91 Å². The molecular formula is C22H19FIN5OS2. The molecule has 1 amide bonds. The van der Waals surface area contributed by atoms with Crippen molar-refractivity contribution in [1.29, 1.82) is 0 Å². The van der Waals surface area contributed by atoms with Crippen molar-refractivity contribution in [2.45, 2.75) is 30.2 Å². The van der Waals surface area contributed by atoms with Crippen molar-refractivity contribution in [3.8, 4) is 0 Å². The topological polar surface area (TPSA) is 69.6 Å². The molecular weight excluding hydrogens is 560 g/mol. The summed E-state index contributed by atoms with van der Waals surface area (Å²) in [5, 5.41) is 9.36. The second-order valence-corrected chi connectivity index (χ2v) is 11.7. The Morgan fingerprint density at radius 3 is 2.91 bits per heavy atom. The fourth-order valence-corrected chi connectivity index (χ4v) is 6.84. The first-order valence-electron chi connectivity index (χ1n) is 10.4. The van der Waals surface area contributed by atoms with Crippen LogP contribution >= 0.6 is 45.7 Å². The minimum absolute atomic E-state index is 0.0560. The van der Waals surface area contributed by atoms with Gasteiger partial charge in [0.1, 0.15) is 15.6 Å². The van der Waals surface area contributed by atoms with E-state index >= 15 is 0 Å². The number of hydrogen-bond acceptors (Lipinski definition) is 7. The Balaban J connectivity index is 1.29. The van der Waals surface area contributed by atoms with E-state index in [-0.39, 0.29) is 23.0 Å². The van der Waals surface area contributed by atoms with E-state index in [1.807, 2.05) is 23.1 Å². The number of rotatable bonds is 4. The van der Waals surface area contributed by atoms with E-state index in [9.17, 15) is 9.18 Å². The fraction of sp³-hybridized carbons (Fsp3) is 0.318. The Labute approximate surface area is 206 Å². The minimum Gasteiger partial charge on any atom is -0.362 e. The average molecular weight is 579 g/mol. The van der Waals surface area contributed by atoms with Gasteiger partial charge >= 0.3 is 0 Å². The third kappa shape index (κ3) is 3.86. The van der Waals surface area contributed by atoms with E-state index in [0.29, 0.717) is 35.4 Å². The van der Waals surface area contributed by atoms with Gasteiger partial charge in [-0.05, 0) is 65.8 Å². The standard InChI is InChI=1S/C22H19FIN5OS2/c23-14-8-11(24)3-6-15(14)27-20-18(13-2-1-7-25-19(13)32-20)21(30)29-9-16-17(10-29)31-22(28-16)26-12-4-5-12/h1-3,6-8,12,16-17,27H,4-5,9-10H2,(H,26,28)/t16-,17+/m0/s1. The van der Waals surface area contributed by atoms with Gasteiger partial charge in [-0.25, -0.2) is 9.37 Å². The maximum atomic E-state index is 14.5. The number of anilines is 2. The zero-order chi connectivity index (χ0) is 21.8. The Hall–Kier alpha value is -1.92. The normalized spacial score (nSPS) is 22.2. The van der Waals surface area contributed by atoms with E-state index in [1.54, 1.807) is 24.0 Å². The first-order valence-corrected chi connectivity index (χ1v) is 13.2. The summed E-state index contributed by atoms with van der Waals surface area (Å²) in [6.07, 6.45) is 4.15. The van der Waals surface area contributed by atoms with Crippen molar-refractivity contribution in [2.24, 2.45) is 4.99 Å². The van der Waals surface area contributed by atoms with Crippen LogP contribution in [-0.2, 0) is 0 Å². The number of carbonyl (C=O) groups is 1. The van der Waals surface area contributed by atoms with Crippen LogP contribution in [0.25, 0.3) is 10.2 Å². The molecule has 0 unspecified atom stereocenters. The zero-order valence-electron chi connectivity index (χ0n) is 16.8. The molecule has 4 heterocycles. The number of nitrogens with one attached hydrogen (secondary N) is 2. The Morgan fingerprint density at radius 1 is 1.25 bits per heavy atom. The van der Waals surface area contributed by atoms with Crippen molar-refractivity contribution >= 4 is 77.7 Å². The fourth-order valence-electron chi connectivity index (χ4n) is 4.06. The summed E-state index contributed by atoms with van der Waals surface area (Å²) >= 11 is 5.20. The number of thiophene rings is 1.